The van der Waals surface area contributed by atoms with Gasteiger partial charge in [-0.25, -0.2) is 4.79 Å². The Hall–Kier alpha value is -1.26. The van der Waals surface area contributed by atoms with Gasteiger partial charge in [0.2, 0.25) is 0 Å². The number of fused-ring (bicyclic) bond motifs is 1. The van der Waals surface area contributed by atoms with Crippen LogP contribution in [0.5, 0.6) is 0 Å². The van der Waals surface area contributed by atoms with Crippen LogP contribution in [0, 0.1) is 5.92 Å². The molecule has 1 saturated heterocycles. The molecule has 1 heterocycles. The number of aliphatic carboxylic acids is 1. The molecule has 108 valence electrons. The number of rotatable bonds is 4. The third-order valence-electron chi connectivity index (χ3n) is 4.50. The SMILES string of the molecule is CCN(CCC(=O)O)C(=O)N1CCC2CCCCC21. The van der Waals surface area contributed by atoms with Crippen molar-refractivity contribution in [3.63, 3.8) is 0 Å². The Balaban J connectivity index is 1.95. The average molecular weight is 268 g/mol. The lowest BCUT2D eigenvalue weighted by Gasteiger charge is -2.35. The topological polar surface area (TPSA) is 60.9 Å². The summed E-state index contributed by atoms with van der Waals surface area (Å²) in [5.41, 5.74) is 0. The lowest BCUT2D eigenvalue weighted by atomic mass is 9.85. The van der Waals surface area contributed by atoms with Gasteiger partial charge < -0.3 is 14.9 Å². The van der Waals surface area contributed by atoms with Gasteiger partial charge in [0.15, 0.2) is 0 Å². The molecule has 2 unspecified atom stereocenters. The number of nitrogens with zero attached hydrogens (tertiary/aromatic N) is 2. The van der Waals surface area contributed by atoms with Crippen molar-refractivity contribution in [2.45, 2.75) is 51.5 Å². The highest BCUT2D eigenvalue weighted by Crippen LogP contribution is 2.36. The second kappa shape index (κ2) is 6.26. The Morgan fingerprint density at radius 1 is 1.26 bits per heavy atom. The Morgan fingerprint density at radius 3 is 2.68 bits per heavy atom. The molecule has 19 heavy (non-hydrogen) atoms. The summed E-state index contributed by atoms with van der Waals surface area (Å²) in [4.78, 5) is 26.8. The highest BCUT2D eigenvalue weighted by Gasteiger charge is 2.39. The van der Waals surface area contributed by atoms with E-state index in [9.17, 15) is 9.59 Å². The molecule has 0 aromatic carbocycles. The fraction of sp³-hybridized carbons (Fsp3) is 0.857. The lowest BCUT2D eigenvalue weighted by Crippen LogP contribution is -2.47. The quantitative estimate of drug-likeness (QED) is 0.850. The molecule has 0 spiro atoms. The number of carbonyl (C=O) groups excluding carboxylic acids is 1. The number of carbonyl (C=O) groups is 2. The molecule has 2 fully saturated rings. The summed E-state index contributed by atoms with van der Waals surface area (Å²) < 4.78 is 0. The van der Waals surface area contributed by atoms with Crippen molar-refractivity contribution in [3.05, 3.63) is 0 Å². The van der Waals surface area contributed by atoms with Crippen LogP contribution in [-0.4, -0.2) is 52.6 Å². The average Bonchev–Trinajstić information content (AvgIpc) is 2.82. The zero-order valence-corrected chi connectivity index (χ0v) is 11.7. The standard InChI is InChI=1S/C14H24N2O3/c1-2-15(9-8-13(17)18)14(19)16-10-7-11-5-3-4-6-12(11)16/h11-12H,2-10H2,1H3,(H,17,18). The van der Waals surface area contributed by atoms with Crippen molar-refractivity contribution in [2.75, 3.05) is 19.6 Å². The maximum absolute atomic E-state index is 12.5. The predicted molar refractivity (Wildman–Crippen MR) is 72.0 cm³/mol. The molecule has 2 rings (SSSR count). The third kappa shape index (κ3) is 3.19. The normalized spacial score (nSPS) is 26.1. The maximum Gasteiger partial charge on any atom is 0.320 e. The van der Waals surface area contributed by atoms with E-state index in [-0.39, 0.29) is 12.5 Å². The summed E-state index contributed by atoms with van der Waals surface area (Å²) >= 11 is 0. The smallest absolute Gasteiger partial charge is 0.320 e. The first kappa shape index (κ1) is 14.2. The van der Waals surface area contributed by atoms with Crippen molar-refractivity contribution in [2.24, 2.45) is 5.92 Å². The van der Waals surface area contributed by atoms with Crippen LogP contribution in [0.15, 0.2) is 0 Å². The van der Waals surface area contributed by atoms with E-state index in [1.54, 1.807) is 4.90 Å². The second-order valence-corrected chi connectivity index (χ2v) is 5.60. The molecule has 0 radical (unpaired) electrons. The number of carboxylic acids is 1. The number of hydrogen-bond acceptors (Lipinski definition) is 2. The van der Waals surface area contributed by atoms with Gasteiger partial charge in [0.25, 0.3) is 0 Å². The molecule has 5 nitrogen and oxygen atoms in total. The molecule has 2 aliphatic rings. The van der Waals surface area contributed by atoms with Gasteiger partial charge in [0.05, 0.1) is 6.42 Å². The number of hydrogen-bond donors (Lipinski definition) is 1. The van der Waals surface area contributed by atoms with Crippen LogP contribution in [0.2, 0.25) is 0 Å². The van der Waals surface area contributed by atoms with Crippen LogP contribution in [0.3, 0.4) is 0 Å². The first-order chi connectivity index (χ1) is 9.13. The Labute approximate surface area is 114 Å². The van der Waals surface area contributed by atoms with Gasteiger partial charge in [-0.3, -0.25) is 4.79 Å². The molecule has 1 N–H and O–H groups in total. The molecule has 2 atom stereocenters. The van der Waals surface area contributed by atoms with Gasteiger partial charge in [0, 0.05) is 25.7 Å². The van der Waals surface area contributed by atoms with Crippen LogP contribution >= 0.6 is 0 Å². The summed E-state index contributed by atoms with van der Waals surface area (Å²) in [6.45, 7) is 3.66. The van der Waals surface area contributed by atoms with Crippen molar-refractivity contribution >= 4 is 12.0 Å². The second-order valence-electron chi connectivity index (χ2n) is 5.60. The maximum atomic E-state index is 12.5. The largest absolute Gasteiger partial charge is 0.481 e. The first-order valence-electron chi connectivity index (χ1n) is 7.40. The third-order valence-corrected chi connectivity index (χ3v) is 4.50. The minimum Gasteiger partial charge on any atom is -0.481 e. The van der Waals surface area contributed by atoms with E-state index in [1.165, 1.54) is 19.3 Å². The van der Waals surface area contributed by atoms with Crippen LogP contribution in [-0.2, 0) is 4.79 Å². The van der Waals surface area contributed by atoms with Gasteiger partial charge >= 0.3 is 12.0 Å². The van der Waals surface area contributed by atoms with Crippen molar-refractivity contribution < 1.29 is 14.7 Å². The molecule has 0 bridgehead atoms. The van der Waals surface area contributed by atoms with E-state index >= 15 is 0 Å². The summed E-state index contributed by atoms with van der Waals surface area (Å²) in [5.74, 6) is -0.168. The van der Waals surface area contributed by atoms with Gasteiger partial charge in [-0.15, -0.1) is 0 Å². The fourth-order valence-corrected chi connectivity index (χ4v) is 3.44. The van der Waals surface area contributed by atoms with Crippen LogP contribution < -0.4 is 0 Å². The van der Waals surface area contributed by atoms with E-state index in [2.05, 4.69) is 0 Å². The molecule has 1 saturated carbocycles. The van der Waals surface area contributed by atoms with Crippen molar-refractivity contribution in [1.29, 1.82) is 0 Å². The molecule has 5 heteroatoms. The monoisotopic (exact) mass is 268 g/mol. The number of carboxylic acid groups (broad SMARTS) is 1. The summed E-state index contributed by atoms with van der Waals surface area (Å²) in [6, 6.07) is 0.443. The molecule has 0 aromatic heterocycles. The van der Waals surface area contributed by atoms with E-state index in [0.29, 0.717) is 25.0 Å². The lowest BCUT2D eigenvalue weighted by molar-refractivity contribution is -0.137. The van der Waals surface area contributed by atoms with E-state index in [0.717, 1.165) is 19.4 Å². The van der Waals surface area contributed by atoms with E-state index in [4.69, 9.17) is 5.11 Å². The zero-order valence-electron chi connectivity index (χ0n) is 11.7. The summed E-state index contributed by atoms with van der Waals surface area (Å²) in [6.07, 6.45) is 6.02. The van der Waals surface area contributed by atoms with Gasteiger partial charge in [-0.05, 0) is 32.1 Å². The van der Waals surface area contributed by atoms with Gasteiger partial charge in [-0.1, -0.05) is 12.8 Å². The van der Waals surface area contributed by atoms with Crippen molar-refractivity contribution in [3.8, 4) is 0 Å². The van der Waals surface area contributed by atoms with E-state index in [1.807, 2.05) is 11.8 Å². The molecular formula is C14H24N2O3. The first-order valence-corrected chi connectivity index (χ1v) is 7.40. The van der Waals surface area contributed by atoms with Crippen LogP contribution in [0.1, 0.15) is 45.4 Å². The Kier molecular flexibility index (Phi) is 4.66. The number of amides is 2. The number of urea groups is 1. The van der Waals surface area contributed by atoms with Gasteiger partial charge in [0.1, 0.15) is 0 Å². The zero-order chi connectivity index (χ0) is 13.8. The van der Waals surface area contributed by atoms with Crippen LogP contribution in [0.25, 0.3) is 0 Å². The molecule has 1 aliphatic carbocycles. The van der Waals surface area contributed by atoms with E-state index < -0.39 is 5.97 Å². The molecule has 1 aliphatic heterocycles. The fourth-order valence-electron chi connectivity index (χ4n) is 3.44. The summed E-state index contributed by atoms with van der Waals surface area (Å²) in [5, 5.41) is 8.74. The molecular weight excluding hydrogens is 244 g/mol. The Morgan fingerprint density at radius 2 is 2.00 bits per heavy atom. The minimum absolute atomic E-state index is 0.0293. The van der Waals surface area contributed by atoms with Crippen molar-refractivity contribution in [1.82, 2.24) is 9.80 Å². The Bertz CT molecular complexity index is 346. The summed E-state index contributed by atoms with van der Waals surface area (Å²) in [7, 11) is 0. The molecule has 2 amide bonds. The highest BCUT2D eigenvalue weighted by molar-refractivity contribution is 5.76. The predicted octanol–water partition coefficient (Wildman–Crippen LogP) is 2.17. The van der Waals surface area contributed by atoms with Gasteiger partial charge in [-0.2, -0.15) is 0 Å². The highest BCUT2D eigenvalue weighted by atomic mass is 16.4. The number of likely N-dealkylation sites (tertiary alicyclic amines) is 1. The minimum atomic E-state index is -0.844. The molecule has 0 aromatic rings. The van der Waals surface area contributed by atoms with Crippen LogP contribution in [0.4, 0.5) is 4.79 Å².